The molecule has 108 valence electrons. The van der Waals surface area contributed by atoms with Crippen molar-refractivity contribution in [2.24, 2.45) is 5.92 Å². The van der Waals surface area contributed by atoms with Gasteiger partial charge in [-0.2, -0.15) is 0 Å². The first-order valence-electron chi connectivity index (χ1n) is 7.93. The molecule has 3 heteroatoms. The third-order valence-electron chi connectivity index (χ3n) is 4.63. The molecule has 0 bridgehead atoms. The highest BCUT2D eigenvalue weighted by molar-refractivity contribution is 5.79. The molecule has 3 rings (SSSR count). The second-order valence-electron chi connectivity index (χ2n) is 5.98. The number of anilines is 1. The van der Waals surface area contributed by atoms with Crippen molar-refractivity contribution in [1.29, 1.82) is 0 Å². The molecule has 0 aromatic heterocycles. The number of piperidine rings is 2. The van der Waals surface area contributed by atoms with Crippen LogP contribution in [-0.2, 0) is 4.79 Å². The molecule has 1 aromatic rings. The van der Waals surface area contributed by atoms with Crippen LogP contribution in [0.2, 0.25) is 0 Å². The van der Waals surface area contributed by atoms with E-state index in [1.807, 2.05) is 0 Å². The SMILES string of the molecule is O=C(C1CCN(c2ccccc2)CC1)N1CCCCC1. The summed E-state index contributed by atoms with van der Waals surface area (Å²) >= 11 is 0. The van der Waals surface area contributed by atoms with Crippen LogP contribution in [0.5, 0.6) is 0 Å². The van der Waals surface area contributed by atoms with Crippen LogP contribution < -0.4 is 4.90 Å². The van der Waals surface area contributed by atoms with Crippen molar-refractivity contribution in [2.75, 3.05) is 31.1 Å². The van der Waals surface area contributed by atoms with Gasteiger partial charge in [-0.3, -0.25) is 4.79 Å². The first-order valence-corrected chi connectivity index (χ1v) is 7.93. The Hall–Kier alpha value is -1.51. The monoisotopic (exact) mass is 272 g/mol. The van der Waals surface area contributed by atoms with E-state index in [-0.39, 0.29) is 5.92 Å². The number of benzene rings is 1. The average molecular weight is 272 g/mol. The van der Waals surface area contributed by atoms with Crippen LogP contribution >= 0.6 is 0 Å². The summed E-state index contributed by atoms with van der Waals surface area (Å²) in [7, 11) is 0. The number of amides is 1. The summed E-state index contributed by atoms with van der Waals surface area (Å²) < 4.78 is 0. The lowest BCUT2D eigenvalue weighted by Gasteiger charge is -2.36. The fourth-order valence-corrected chi connectivity index (χ4v) is 3.40. The Morgan fingerprint density at radius 2 is 1.55 bits per heavy atom. The minimum Gasteiger partial charge on any atom is -0.371 e. The molecule has 0 spiro atoms. The first kappa shape index (κ1) is 13.5. The van der Waals surface area contributed by atoms with Crippen molar-refractivity contribution in [3.63, 3.8) is 0 Å². The number of hydrogen-bond acceptors (Lipinski definition) is 2. The molecule has 2 heterocycles. The molecule has 0 atom stereocenters. The van der Waals surface area contributed by atoms with Gasteiger partial charge in [0.1, 0.15) is 0 Å². The van der Waals surface area contributed by atoms with E-state index < -0.39 is 0 Å². The molecule has 0 saturated carbocycles. The van der Waals surface area contributed by atoms with Crippen LogP contribution in [0.25, 0.3) is 0 Å². The van der Waals surface area contributed by atoms with Gasteiger partial charge in [-0.1, -0.05) is 18.2 Å². The molecule has 2 aliphatic heterocycles. The molecule has 3 nitrogen and oxygen atoms in total. The zero-order chi connectivity index (χ0) is 13.8. The number of rotatable bonds is 2. The van der Waals surface area contributed by atoms with Crippen LogP contribution in [-0.4, -0.2) is 37.0 Å². The van der Waals surface area contributed by atoms with Crippen LogP contribution in [0.3, 0.4) is 0 Å². The topological polar surface area (TPSA) is 23.6 Å². The van der Waals surface area contributed by atoms with Crippen molar-refractivity contribution >= 4 is 11.6 Å². The fourth-order valence-electron chi connectivity index (χ4n) is 3.40. The summed E-state index contributed by atoms with van der Waals surface area (Å²) in [5.41, 5.74) is 1.29. The van der Waals surface area contributed by atoms with Crippen LogP contribution in [0, 0.1) is 5.92 Å². The number of nitrogens with zero attached hydrogens (tertiary/aromatic N) is 2. The quantitative estimate of drug-likeness (QED) is 0.826. The molecule has 0 radical (unpaired) electrons. The summed E-state index contributed by atoms with van der Waals surface area (Å²) in [6.07, 6.45) is 5.67. The van der Waals surface area contributed by atoms with E-state index in [2.05, 4.69) is 40.1 Å². The molecule has 20 heavy (non-hydrogen) atoms. The Labute approximate surface area is 121 Å². The zero-order valence-corrected chi connectivity index (χ0v) is 12.1. The molecule has 2 fully saturated rings. The van der Waals surface area contributed by atoms with Gasteiger partial charge in [-0.05, 0) is 44.2 Å². The summed E-state index contributed by atoms with van der Waals surface area (Å²) in [5.74, 6) is 0.672. The lowest BCUT2D eigenvalue weighted by atomic mass is 9.94. The largest absolute Gasteiger partial charge is 0.371 e. The lowest BCUT2D eigenvalue weighted by molar-refractivity contribution is -0.137. The van der Waals surface area contributed by atoms with Gasteiger partial charge in [0.25, 0.3) is 0 Å². The predicted molar refractivity (Wildman–Crippen MR) is 81.8 cm³/mol. The molecule has 2 saturated heterocycles. The molecule has 0 unspecified atom stereocenters. The third-order valence-corrected chi connectivity index (χ3v) is 4.63. The summed E-state index contributed by atoms with van der Waals surface area (Å²) in [5, 5.41) is 0. The highest BCUT2D eigenvalue weighted by Crippen LogP contribution is 2.25. The van der Waals surface area contributed by atoms with Crippen LogP contribution in [0.15, 0.2) is 30.3 Å². The molecule has 0 N–H and O–H groups in total. The molecular weight excluding hydrogens is 248 g/mol. The third kappa shape index (κ3) is 2.97. The predicted octanol–water partition coefficient (Wildman–Crippen LogP) is 2.92. The highest BCUT2D eigenvalue weighted by atomic mass is 16.2. The van der Waals surface area contributed by atoms with E-state index in [0.717, 1.165) is 39.0 Å². The van der Waals surface area contributed by atoms with Gasteiger partial charge < -0.3 is 9.80 Å². The van der Waals surface area contributed by atoms with Gasteiger partial charge in [0.2, 0.25) is 5.91 Å². The zero-order valence-electron chi connectivity index (χ0n) is 12.1. The number of carbonyl (C=O) groups is 1. The van der Waals surface area contributed by atoms with Gasteiger partial charge in [0.05, 0.1) is 0 Å². The Morgan fingerprint density at radius 3 is 2.20 bits per heavy atom. The maximum Gasteiger partial charge on any atom is 0.225 e. The van der Waals surface area contributed by atoms with Crippen molar-refractivity contribution in [3.8, 4) is 0 Å². The number of para-hydroxylation sites is 1. The van der Waals surface area contributed by atoms with Crippen LogP contribution in [0.4, 0.5) is 5.69 Å². The lowest BCUT2D eigenvalue weighted by Crippen LogP contribution is -2.44. The highest BCUT2D eigenvalue weighted by Gasteiger charge is 2.29. The van der Waals surface area contributed by atoms with E-state index in [4.69, 9.17) is 0 Å². The van der Waals surface area contributed by atoms with Gasteiger partial charge >= 0.3 is 0 Å². The normalized spacial score (nSPS) is 21.0. The molecule has 1 aromatic carbocycles. The molecule has 1 amide bonds. The van der Waals surface area contributed by atoms with E-state index in [0.29, 0.717) is 5.91 Å². The molecule has 2 aliphatic rings. The van der Waals surface area contributed by atoms with Crippen molar-refractivity contribution in [1.82, 2.24) is 4.90 Å². The smallest absolute Gasteiger partial charge is 0.225 e. The van der Waals surface area contributed by atoms with Gasteiger partial charge in [-0.15, -0.1) is 0 Å². The Morgan fingerprint density at radius 1 is 0.900 bits per heavy atom. The van der Waals surface area contributed by atoms with Gasteiger partial charge in [-0.25, -0.2) is 0 Å². The summed E-state index contributed by atoms with van der Waals surface area (Å²) in [6.45, 7) is 3.98. The maximum atomic E-state index is 12.5. The van der Waals surface area contributed by atoms with Crippen molar-refractivity contribution in [3.05, 3.63) is 30.3 Å². The van der Waals surface area contributed by atoms with Gasteiger partial charge in [0.15, 0.2) is 0 Å². The maximum absolute atomic E-state index is 12.5. The van der Waals surface area contributed by atoms with Crippen LogP contribution in [0.1, 0.15) is 32.1 Å². The molecule has 0 aliphatic carbocycles. The standard InChI is InChI=1S/C17H24N2O/c20-17(19-11-5-2-6-12-19)15-9-13-18(14-10-15)16-7-3-1-4-8-16/h1,3-4,7-8,15H,2,5-6,9-14H2. The number of hydrogen-bond donors (Lipinski definition) is 0. The minimum absolute atomic E-state index is 0.257. The van der Waals surface area contributed by atoms with E-state index in [1.54, 1.807) is 0 Å². The first-order chi connectivity index (χ1) is 9.84. The number of likely N-dealkylation sites (tertiary alicyclic amines) is 1. The second kappa shape index (κ2) is 6.29. The van der Waals surface area contributed by atoms with E-state index >= 15 is 0 Å². The molecular formula is C17H24N2O. The second-order valence-corrected chi connectivity index (χ2v) is 5.98. The Kier molecular flexibility index (Phi) is 4.24. The Bertz CT molecular complexity index is 432. The average Bonchev–Trinajstić information content (AvgIpc) is 2.56. The van der Waals surface area contributed by atoms with Crippen molar-refractivity contribution in [2.45, 2.75) is 32.1 Å². The fraction of sp³-hybridized carbons (Fsp3) is 0.588. The van der Waals surface area contributed by atoms with E-state index in [9.17, 15) is 4.79 Å². The van der Waals surface area contributed by atoms with Gasteiger partial charge in [0, 0.05) is 37.8 Å². The number of carbonyl (C=O) groups excluding carboxylic acids is 1. The van der Waals surface area contributed by atoms with Crippen molar-refractivity contribution < 1.29 is 4.79 Å². The van der Waals surface area contributed by atoms with E-state index in [1.165, 1.54) is 24.9 Å². The minimum atomic E-state index is 0.257. The summed E-state index contributed by atoms with van der Waals surface area (Å²) in [6, 6.07) is 10.5. The Balaban J connectivity index is 1.54. The summed E-state index contributed by atoms with van der Waals surface area (Å²) in [4.78, 5) is 17.0.